The number of para-hydroxylation sites is 1. The largest absolute Gasteiger partial charge is 0.384 e. The van der Waals surface area contributed by atoms with Crippen LogP contribution in [-0.2, 0) is 4.74 Å². The lowest BCUT2D eigenvalue weighted by atomic mass is 9.99. The molecule has 1 fully saturated rings. The minimum atomic E-state index is 0.563. The molecule has 1 atom stereocenters. The lowest BCUT2D eigenvalue weighted by molar-refractivity contribution is 0.115. The van der Waals surface area contributed by atoms with Crippen LogP contribution in [0.5, 0.6) is 0 Å². The Morgan fingerprint density at radius 2 is 2.22 bits per heavy atom. The summed E-state index contributed by atoms with van der Waals surface area (Å²) in [5, 5.41) is 0. The fraction of sp³-hybridized carbons (Fsp3) is 0.500. The zero-order chi connectivity index (χ0) is 12.8. The van der Waals surface area contributed by atoms with Crippen LogP contribution in [0.25, 0.3) is 0 Å². The molecule has 98 valence electrons. The molecule has 1 heterocycles. The summed E-state index contributed by atoms with van der Waals surface area (Å²) >= 11 is 0. The molecule has 4 heteroatoms. The molecule has 0 spiro atoms. The maximum atomic E-state index is 6.07. The van der Waals surface area contributed by atoms with Crippen LogP contribution in [0.2, 0.25) is 0 Å². The van der Waals surface area contributed by atoms with Gasteiger partial charge in [0.25, 0.3) is 0 Å². The summed E-state index contributed by atoms with van der Waals surface area (Å²) in [7, 11) is 1.75. The number of nitrogens with zero attached hydrogens (tertiary/aromatic N) is 2. The average Bonchev–Trinajstić information content (AvgIpc) is 2.40. The highest BCUT2D eigenvalue weighted by molar-refractivity contribution is 5.81. The summed E-state index contributed by atoms with van der Waals surface area (Å²) in [6.07, 6.45) is 2.36. The van der Waals surface area contributed by atoms with Gasteiger partial charge in [0.1, 0.15) is 0 Å². The van der Waals surface area contributed by atoms with Crippen LogP contribution >= 0.6 is 0 Å². The molecule has 1 aliphatic rings. The van der Waals surface area contributed by atoms with Crippen LogP contribution in [0, 0.1) is 5.92 Å². The van der Waals surface area contributed by atoms with Crippen LogP contribution in [0.3, 0.4) is 0 Å². The van der Waals surface area contributed by atoms with E-state index in [1.165, 1.54) is 6.42 Å². The first kappa shape index (κ1) is 12.9. The van der Waals surface area contributed by atoms with Gasteiger partial charge in [-0.3, -0.25) is 0 Å². The van der Waals surface area contributed by atoms with Gasteiger partial charge in [0.15, 0.2) is 5.96 Å². The number of nitrogens with two attached hydrogens (primary N) is 1. The third-order valence-electron chi connectivity index (χ3n) is 3.25. The standard InChI is InChI=1S/C14H21N3O/c1-18-11-12-6-5-9-17(10-12)14(15)16-13-7-3-2-4-8-13/h2-4,7-8,12H,5-6,9-11H2,1H3,(H2,15,16). The molecule has 1 saturated heterocycles. The zero-order valence-corrected chi connectivity index (χ0v) is 10.9. The van der Waals surface area contributed by atoms with Crippen LogP contribution in [-0.4, -0.2) is 37.7 Å². The van der Waals surface area contributed by atoms with Gasteiger partial charge in [0, 0.05) is 20.2 Å². The number of benzene rings is 1. The van der Waals surface area contributed by atoms with Crippen molar-refractivity contribution in [2.45, 2.75) is 12.8 Å². The number of guanidine groups is 1. The third-order valence-corrected chi connectivity index (χ3v) is 3.25. The first-order chi connectivity index (χ1) is 8.79. The van der Waals surface area contributed by atoms with Crippen LogP contribution < -0.4 is 5.73 Å². The topological polar surface area (TPSA) is 50.9 Å². The van der Waals surface area contributed by atoms with Crippen LogP contribution in [0.4, 0.5) is 5.69 Å². The highest BCUT2D eigenvalue weighted by Gasteiger charge is 2.20. The number of likely N-dealkylation sites (tertiary alicyclic amines) is 1. The number of rotatable bonds is 3. The summed E-state index contributed by atoms with van der Waals surface area (Å²) in [5.74, 6) is 1.18. The number of ether oxygens (including phenoxy) is 1. The van der Waals surface area contributed by atoms with E-state index in [1.54, 1.807) is 7.11 Å². The minimum absolute atomic E-state index is 0.563. The second kappa shape index (κ2) is 6.40. The maximum absolute atomic E-state index is 6.07. The van der Waals surface area contributed by atoms with Gasteiger partial charge < -0.3 is 15.4 Å². The highest BCUT2D eigenvalue weighted by atomic mass is 16.5. The van der Waals surface area contributed by atoms with E-state index < -0.39 is 0 Å². The van der Waals surface area contributed by atoms with E-state index in [9.17, 15) is 0 Å². The molecule has 1 unspecified atom stereocenters. The lowest BCUT2D eigenvalue weighted by Crippen LogP contribution is -2.44. The summed E-state index contributed by atoms with van der Waals surface area (Å²) in [6.45, 7) is 2.73. The fourth-order valence-electron chi connectivity index (χ4n) is 2.35. The monoisotopic (exact) mass is 247 g/mol. The number of piperidine rings is 1. The number of methoxy groups -OCH3 is 1. The van der Waals surface area contributed by atoms with Crippen molar-refractivity contribution >= 4 is 11.6 Å². The first-order valence-corrected chi connectivity index (χ1v) is 6.42. The van der Waals surface area contributed by atoms with Gasteiger partial charge >= 0.3 is 0 Å². The third kappa shape index (κ3) is 3.47. The molecule has 0 bridgehead atoms. The van der Waals surface area contributed by atoms with Gasteiger partial charge in [0.2, 0.25) is 0 Å². The fourth-order valence-corrected chi connectivity index (χ4v) is 2.35. The molecule has 0 saturated carbocycles. The molecule has 2 rings (SSSR count). The number of aliphatic imine (C=N–C) groups is 1. The van der Waals surface area contributed by atoms with Crippen LogP contribution in [0.15, 0.2) is 35.3 Å². The smallest absolute Gasteiger partial charge is 0.196 e. The Kier molecular flexibility index (Phi) is 4.59. The zero-order valence-electron chi connectivity index (χ0n) is 10.9. The van der Waals surface area contributed by atoms with Crippen molar-refractivity contribution in [3.63, 3.8) is 0 Å². The van der Waals surface area contributed by atoms with Crippen molar-refractivity contribution < 1.29 is 4.74 Å². The van der Waals surface area contributed by atoms with Crippen molar-refractivity contribution in [2.75, 3.05) is 26.8 Å². The molecular formula is C14H21N3O. The van der Waals surface area contributed by atoms with Gasteiger partial charge in [-0.1, -0.05) is 18.2 Å². The predicted octanol–water partition coefficient (Wildman–Crippen LogP) is 1.99. The Balaban J connectivity index is 2.00. The normalized spacial score (nSPS) is 21.1. The Morgan fingerprint density at radius 1 is 1.44 bits per heavy atom. The van der Waals surface area contributed by atoms with E-state index in [2.05, 4.69) is 9.89 Å². The van der Waals surface area contributed by atoms with Crippen molar-refractivity contribution in [3.05, 3.63) is 30.3 Å². The predicted molar refractivity (Wildman–Crippen MR) is 73.9 cm³/mol. The van der Waals surface area contributed by atoms with Gasteiger partial charge in [-0.25, -0.2) is 4.99 Å². The second-order valence-corrected chi connectivity index (χ2v) is 4.72. The molecular weight excluding hydrogens is 226 g/mol. The molecule has 18 heavy (non-hydrogen) atoms. The van der Waals surface area contributed by atoms with E-state index in [0.29, 0.717) is 11.9 Å². The summed E-state index contributed by atoms with van der Waals surface area (Å²) < 4.78 is 5.22. The van der Waals surface area contributed by atoms with Crippen molar-refractivity contribution in [1.29, 1.82) is 0 Å². The molecule has 1 aliphatic heterocycles. The molecule has 0 aliphatic carbocycles. The van der Waals surface area contributed by atoms with Crippen LogP contribution in [0.1, 0.15) is 12.8 Å². The lowest BCUT2D eigenvalue weighted by Gasteiger charge is -2.33. The molecule has 4 nitrogen and oxygen atoms in total. The second-order valence-electron chi connectivity index (χ2n) is 4.72. The highest BCUT2D eigenvalue weighted by Crippen LogP contribution is 2.17. The van der Waals surface area contributed by atoms with E-state index >= 15 is 0 Å². The minimum Gasteiger partial charge on any atom is -0.384 e. The van der Waals surface area contributed by atoms with Crippen molar-refractivity contribution in [2.24, 2.45) is 16.6 Å². The molecule has 2 N–H and O–H groups in total. The Bertz CT molecular complexity index is 389. The molecule has 1 aromatic carbocycles. The number of hydrogen-bond acceptors (Lipinski definition) is 2. The molecule has 0 amide bonds. The van der Waals surface area contributed by atoms with E-state index in [-0.39, 0.29) is 0 Å². The van der Waals surface area contributed by atoms with Gasteiger partial charge in [-0.05, 0) is 30.9 Å². The summed E-state index contributed by atoms with van der Waals surface area (Å²) in [6, 6.07) is 9.84. The summed E-state index contributed by atoms with van der Waals surface area (Å²) in [5.41, 5.74) is 6.98. The maximum Gasteiger partial charge on any atom is 0.196 e. The van der Waals surface area contributed by atoms with Crippen molar-refractivity contribution in [1.82, 2.24) is 4.90 Å². The van der Waals surface area contributed by atoms with Crippen molar-refractivity contribution in [3.8, 4) is 0 Å². The van der Waals surface area contributed by atoms with E-state index in [0.717, 1.165) is 31.8 Å². The Hall–Kier alpha value is -1.55. The summed E-state index contributed by atoms with van der Waals surface area (Å²) in [4.78, 5) is 6.61. The molecule has 0 radical (unpaired) electrons. The molecule has 1 aromatic rings. The van der Waals surface area contributed by atoms with E-state index in [1.807, 2.05) is 30.3 Å². The Morgan fingerprint density at radius 3 is 2.94 bits per heavy atom. The van der Waals surface area contributed by atoms with Gasteiger partial charge in [-0.2, -0.15) is 0 Å². The Labute approximate surface area is 108 Å². The average molecular weight is 247 g/mol. The van der Waals surface area contributed by atoms with E-state index in [4.69, 9.17) is 10.5 Å². The number of hydrogen-bond donors (Lipinski definition) is 1. The SMILES string of the molecule is COCC1CCCN(C(N)=Nc2ccccc2)C1. The van der Waals surface area contributed by atoms with Gasteiger partial charge in [0.05, 0.1) is 12.3 Å². The first-order valence-electron chi connectivity index (χ1n) is 6.42. The molecule has 0 aromatic heterocycles. The van der Waals surface area contributed by atoms with Gasteiger partial charge in [-0.15, -0.1) is 0 Å². The quantitative estimate of drug-likeness (QED) is 0.656.